The molecule has 1 aromatic heterocycles. The molecule has 172 valence electrons. The zero-order valence-corrected chi connectivity index (χ0v) is 18.7. The van der Waals surface area contributed by atoms with E-state index in [2.05, 4.69) is 5.32 Å². The average Bonchev–Trinajstić information content (AvgIpc) is 3.44. The third-order valence-corrected chi connectivity index (χ3v) is 6.41. The van der Waals surface area contributed by atoms with Gasteiger partial charge in [-0.2, -0.15) is 5.10 Å². The van der Waals surface area contributed by atoms with E-state index in [1.807, 2.05) is 36.4 Å². The molecule has 8 heteroatoms. The number of piperidine rings is 1. The van der Waals surface area contributed by atoms with Gasteiger partial charge in [0.05, 0.1) is 30.6 Å². The van der Waals surface area contributed by atoms with Crippen LogP contribution in [0.3, 0.4) is 0 Å². The van der Waals surface area contributed by atoms with Crippen molar-refractivity contribution in [3.63, 3.8) is 0 Å². The van der Waals surface area contributed by atoms with Crippen molar-refractivity contribution in [1.82, 2.24) is 19.6 Å². The highest BCUT2D eigenvalue weighted by molar-refractivity contribution is 5.92. The van der Waals surface area contributed by atoms with Crippen LogP contribution in [0.2, 0.25) is 0 Å². The van der Waals surface area contributed by atoms with Gasteiger partial charge in [0, 0.05) is 25.1 Å². The van der Waals surface area contributed by atoms with Gasteiger partial charge in [-0.1, -0.05) is 31.0 Å². The van der Waals surface area contributed by atoms with E-state index in [1.165, 1.54) is 12.8 Å². The van der Waals surface area contributed by atoms with Gasteiger partial charge in [0.15, 0.2) is 0 Å². The smallest absolute Gasteiger partial charge is 0.239 e. The van der Waals surface area contributed by atoms with Gasteiger partial charge in [0.2, 0.25) is 11.8 Å². The van der Waals surface area contributed by atoms with E-state index in [9.17, 15) is 14.7 Å². The Morgan fingerprint density at radius 3 is 2.47 bits per heavy atom. The zero-order chi connectivity index (χ0) is 22.5. The minimum atomic E-state index is -0.314. The second kappa shape index (κ2) is 10.3. The van der Waals surface area contributed by atoms with Crippen molar-refractivity contribution in [1.29, 1.82) is 0 Å². The Balaban J connectivity index is 1.39. The molecule has 32 heavy (non-hydrogen) atoms. The lowest BCUT2D eigenvalue weighted by Gasteiger charge is -2.30. The van der Waals surface area contributed by atoms with Crippen molar-refractivity contribution in [2.24, 2.45) is 0 Å². The summed E-state index contributed by atoms with van der Waals surface area (Å²) in [6.45, 7) is 1.43. The Morgan fingerprint density at radius 1 is 1.09 bits per heavy atom. The monoisotopic (exact) mass is 439 g/mol. The molecule has 1 aromatic carbocycles. The summed E-state index contributed by atoms with van der Waals surface area (Å²) in [7, 11) is 1.77. The van der Waals surface area contributed by atoms with Crippen molar-refractivity contribution in [2.75, 3.05) is 38.5 Å². The molecule has 0 radical (unpaired) electrons. The van der Waals surface area contributed by atoms with E-state index in [1.54, 1.807) is 21.5 Å². The van der Waals surface area contributed by atoms with Crippen molar-refractivity contribution < 1.29 is 14.7 Å². The first kappa shape index (κ1) is 22.5. The van der Waals surface area contributed by atoms with Gasteiger partial charge >= 0.3 is 0 Å². The number of likely N-dealkylation sites (tertiary alicyclic amines) is 1. The lowest BCUT2D eigenvalue weighted by Crippen LogP contribution is -2.45. The number of carbonyl (C=O) groups excluding carboxylic acids is 2. The molecule has 0 spiro atoms. The van der Waals surface area contributed by atoms with Gasteiger partial charge in [-0.05, 0) is 44.9 Å². The average molecular weight is 440 g/mol. The van der Waals surface area contributed by atoms with Crippen LogP contribution in [0, 0.1) is 0 Å². The highest BCUT2D eigenvalue weighted by Crippen LogP contribution is 2.35. The molecular formula is C24H33N5O3. The maximum atomic E-state index is 12.8. The first-order valence-corrected chi connectivity index (χ1v) is 11.6. The molecule has 1 aliphatic heterocycles. The molecule has 1 aliphatic carbocycles. The van der Waals surface area contributed by atoms with Gasteiger partial charge < -0.3 is 15.3 Å². The van der Waals surface area contributed by atoms with Gasteiger partial charge in [-0.25, -0.2) is 4.68 Å². The lowest BCUT2D eigenvalue weighted by molar-refractivity contribution is -0.134. The summed E-state index contributed by atoms with van der Waals surface area (Å²) in [5.41, 5.74) is 1.93. The minimum Gasteiger partial charge on any atom is -0.393 e. The van der Waals surface area contributed by atoms with Crippen LogP contribution < -0.4 is 5.32 Å². The Kier molecular flexibility index (Phi) is 7.22. The number of hydrogen-bond acceptors (Lipinski definition) is 5. The number of aliphatic hydroxyl groups is 1. The summed E-state index contributed by atoms with van der Waals surface area (Å²) in [5, 5.41) is 17.4. The molecule has 0 bridgehead atoms. The summed E-state index contributed by atoms with van der Waals surface area (Å²) in [4.78, 5) is 28.8. The number of aromatic nitrogens is 2. The molecule has 2 fully saturated rings. The molecule has 2 heterocycles. The number of hydrogen-bond donors (Lipinski definition) is 2. The standard InChI is InChI=1S/C24H33N5O3/c1-27(17-24(32)28-13-11-20(30)12-14-28)16-23(31)25-22-15-21(18-7-5-6-8-18)26-29(22)19-9-3-2-4-10-19/h2-4,9-10,15,18,20,30H,5-8,11-14,16-17H2,1H3,(H,25,31). The fraction of sp³-hybridized carbons (Fsp3) is 0.542. The van der Waals surface area contributed by atoms with Crippen molar-refractivity contribution in [2.45, 2.75) is 50.5 Å². The largest absolute Gasteiger partial charge is 0.393 e. The topological polar surface area (TPSA) is 90.7 Å². The number of para-hydroxylation sites is 1. The predicted octanol–water partition coefficient (Wildman–Crippen LogP) is 2.38. The fourth-order valence-corrected chi connectivity index (χ4v) is 4.61. The number of nitrogens with zero attached hydrogens (tertiary/aromatic N) is 4. The molecule has 4 rings (SSSR count). The molecule has 2 amide bonds. The molecular weight excluding hydrogens is 406 g/mol. The molecule has 0 atom stereocenters. The number of nitrogens with one attached hydrogen (secondary N) is 1. The molecule has 1 saturated carbocycles. The summed E-state index contributed by atoms with van der Waals surface area (Å²) >= 11 is 0. The highest BCUT2D eigenvalue weighted by atomic mass is 16.3. The van der Waals surface area contributed by atoms with Gasteiger partial charge in [0.1, 0.15) is 5.82 Å². The number of amides is 2. The maximum Gasteiger partial charge on any atom is 0.239 e. The maximum absolute atomic E-state index is 12.8. The number of rotatable bonds is 7. The molecule has 1 saturated heterocycles. The number of anilines is 1. The zero-order valence-electron chi connectivity index (χ0n) is 18.7. The number of benzene rings is 1. The Labute approximate surface area is 189 Å². The van der Waals surface area contributed by atoms with Gasteiger partial charge in [0.25, 0.3) is 0 Å². The Bertz CT molecular complexity index is 915. The van der Waals surface area contributed by atoms with E-state index in [-0.39, 0.29) is 31.0 Å². The quantitative estimate of drug-likeness (QED) is 0.691. The summed E-state index contributed by atoms with van der Waals surface area (Å²) in [5.74, 6) is 0.918. The van der Waals surface area contributed by atoms with E-state index in [4.69, 9.17) is 5.10 Å². The second-order valence-electron chi connectivity index (χ2n) is 9.02. The molecule has 8 nitrogen and oxygen atoms in total. The number of carbonyl (C=O) groups is 2. The van der Waals surface area contributed by atoms with Crippen LogP contribution in [0.15, 0.2) is 36.4 Å². The SMILES string of the molecule is CN(CC(=O)Nc1cc(C2CCCC2)nn1-c1ccccc1)CC(=O)N1CCC(O)CC1. The van der Waals surface area contributed by atoms with E-state index in [0.717, 1.165) is 24.2 Å². The Morgan fingerprint density at radius 2 is 1.78 bits per heavy atom. The van der Waals surface area contributed by atoms with Crippen LogP contribution in [0.25, 0.3) is 5.69 Å². The molecule has 0 unspecified atom stereocenters. The van der Waals surface area contributed by atoms with Crippen LogP contribution in [-0.2, 0) is 9.59 Å². The molecule has 2 N–H and O–H groups in total. The van der Waals surface area contributed by atoms with Crippen molar-refractivity contribution in [3.8, 4) is 5.69 Å². The van der Waals surface area contributed by atoms with Gasteiger partial charge in [-0.3, -0.25) is 14.5 Å². The number of aliphatic hydroxyl groups excluding tert-OH is 1. The van der Waals surface area contributed by atoms with Gasteiger partial charge in [-0.15, -0.1) is 0 Å². The predicted molar refractivity (Wildman–Crippen MR) is 123 cm³/mol. The van der Waals surface area contributed by atoms with Crippen molar-refractivity contribution in [3.05, 3.63) is 42.1 Å². The summed E-state index contributed by atoms with van der Waals surface area (Å²) in [6.07, 6.45) is 5.63. The van der Waals surface area contributed by atoms with Crippen LogP contribution in [0.5, 0.6) is 0 Å². The highest BCUT2D eigenvalue weighted by Gasteiger charge is 2.24. The first-order chi connectivity index (χ1) is 15.5. The normalized spacial score (nSPS) is 17.8. The van der Waals surface area contributed by atoms with Crippen molar-refractivity contribution >= 4 is 17.6 Å². The lowest BCUT2D eigenvalue weighted by atomic mass is 10.0. The van der Waals surface area contributed by atoms with Crippen LogP contribution in [0.1, 0.15) is 50.1 Å². The number of likely N-dealkylation sites (N-methyl/N-ethyl adjacent to an activating group) is 1. The molecule has 2 aliphatic rings. The Hall–Kier alpha value is -2.71. The summed E-state index contributed by atoms with van der Waals surface area (Å²) in [6, 6.07) is 11.8. The fourth-order valence-electron chi connectivity index (χ4n) is 4.61. The second-order valence-corrected chi connectivity index (χ2v) is 9.02. The van der Waals surface area contributed by atoms with Crippen LogP contribution in [0.4, 0.5) is 5.82 Å². The third kappa shape index (κ3) is 5.55. The van der Waals surface area contributed by atoms with E-state index < -0.39 is 0 Å². The molecule has 2 aromatic rings. The van der Waals surface area contributed by atoms with Crippen LogP contribution in [-0.4, -0.2) is 75.8 Å². The first-order valence-electron chi connectivity index (χ1n) is 11.6. The third-order valence-electron chi connectivity index (χ3n) is 6.41. The summed E-state index contributed by atoms with van der Waals surface area (Å²) < 4.78 is 1.80. The van der Waals surface area contributed by atoms with E-state index >= 15 is 0 Å². The van der Waals surface area contributed by atoms with E-state index in [0.29, 0.717) is 37.7 Å². The minimum absolute atomic E-state index is 0.00922. The van der Waals surface area contributed by atoms with Crippen LogP contribution >= 0.6 is 0 Å².